The second-order valence-corrected chi connectivity index (χ2v) is 5.16. The number of rotatable bonds is 4. The predicted octanol–water partition coefficient (Wildman–Crippen LogP) is 3.98. The topological polar surface area (TPSA) is 74.6 Å². The molecular weight excluding hydrogens is 315 g/mol. The summed E-state index contributed by atoms with van der Waals surface area (Å²) in [5.41, 5.74) is 1.01. The molecule has 0 spiro atoms. The molecular formula is C15H10Cl2O4. The van der Waals surface area contributed by atoms with Crippen molar-refractivity contribution in [2.75, 3.05) is 0 Å². The van der Waals surface area contributed by atoms with Crippen LogP contribution in [0.1, 0.15) is 31.8 Å². The number of hydrogen-bond donors (Lipinski definition) is 2. The maximum atomic E-state index is 11.3. The number of carboxylic acids is 2. The van der Waals surface area contributed by atoms with Gasteiger partial charge < -0.3 is 10.2 Å². The van der Waals surface area contributed by atoms with Gasteiger partial charge in [0.25, 0.3) is 0 Å². The molecule has 21 heavy (non-hydrogen) atoms. The van der Waals surface area contributed by atoms with Crippen LogP contribution in [0.25, 0.3) is 0 Å². The molecule has 2 N–H and O–H groups in total. The minimum Gasteiger partial charge on any atom is -0.478 e. The first-order valence-corrected chi connectivity index (χ1v) is 6.68. The SMILES string of the molecule is O=C(O)c1ccc(Cc2cccc(Cl)c2Cl)c(C(=O)O)c1. The van der Waals surface area contributed by atoms with Crippen molar-refractivity contribution < 1.29 is 19.8 Å². The highest BCUT2D eigenvalue weighted by Gasteiger charge is 2.15. The Morgan fingerprint density at radius 2 is 1.67 bits per heavy atom. The lowest BCUT2D eigenvalue weighted by Crippen LogP contribution is -2.07. The second kappa shape index (κ2) is 6.16. The number of benzene rings is 2. The lowest BCUT2D eigenvalue weighted by atomic mass is 9.97. The average molecular weight is 325 g/mol. The molecule has 0 aliphatic heterocycles. The minimum atomic E-state index is -1.19. The third-order valence-corrected chi connectivity index (χ3v) is 3.86. The van der Waals surface area contributed by atoms with Crippen molar-refractivity contribution in [3.05, 3.63) is 68.7 Å². The zero-order chi connectivity index (χ0) is 15.6. The molecule has 6 heteroatoms. The highest BCUT2D eigenvalue weighted by Crippen LogP contribution is 2.28. The maximum absolute atomic E-state index is 11.3. The van der Waals surface area contributed by atoms with Crippen molar-refractivity contribution in [2.24, 2.45) is 0 Å². The summed E-state index contributed by atoms with van der Waals surface area (Å²) in [4.78, 5) is 22.2. The molecule has 0 unspecified atom stereocenters. The Morgan fingerprint density at radius 1 is 0.952 bits per heavy atom. The molecule has 108 valence electrons. The van der Waals surface area contributed by atoms with Crippen LogP contribution in [0, 0.1) is 0 Å². The van der Waals surface area contributed by atoms with Crippen molar-refractivity contribution in [3.63, 3.8) is 0 Å². The largest absolute Gasteiger partial charge is 0.478 e. The highest BCUT2D eigenvalue weighted by molar-refractivity contribution is 6.42. The summed E-state index contributed by atoms with van der Waals surface area (Å²) in [6, 6.07) is 9.07. The average Bonchev–Trinajstić information content (AvgIpc) is 2.43. The van der Waals surface area contributed by atoms with Crippen LogP contribution < -0.4 is 0 Å². The van der Waals surface area contributed by atoms with E-state index in [-0.39, 0.29) is 17.5 Å². The van der Waals surface area contributed by atoms with Gasteiger partial charge in [0.05, 0.1) is 21.2 Å². The van der Waals surface area contributed by atoms with Gasteiger partial charge in [-0.25, -0.2) is 9.59 Å². The summed E-state index contributed by atoms with van der Waals surface area (Å²) in [6.07, 6.45) is 0.251. The van der Waals surface area contributed by atoms with Gasteiger partial charge in [0.2, 0.25) is 0 Å². The summed E-state index contributed by atoms with van der Waals surface area (Å²) in [5.74, 6) is -2.36. The van der Waals surface area contributed by atoms with E-state index < -0.39 is 11.9 Å². The summed E-state index contributed by atoms with van der Waals surface area (Å²) in [6.45, 7) is 0. The van der Waals surface area contributed by atoms with Crippen molar-refractivity contribution in [3.8, 4) is 0 Å². The summed E-state index contributed by atoms with van der Waals surface area (Å²) in [5, 5.41) is 18.9. The molecule has 0 bridgehead atoms. The normalized spacial score (nSPS) is 10.4. The van der Waals surface area contributed by atoms with E-state index in [0.29, 0.717) is 21.2 Å². The van der Waals surface area contributed by atoms with Gasteiger partial charge in [-0.15, -0.1) is 0 Å². The van der Waals surface area contributed by atoms with E-state index in [2.05, 4.69) is 0 Å². The lowest BCUT2D eigenvalue weighted by Gasteiger charge is -2.09. The van der Waals surface area contributed by atoms with Crippen molar-refractivity contribution in [2.45, 2.75) is 6.42 Å². The zero-order valence-electron chi connectivity index (χ0n) is 10.6. The van der Waals surface area contributed by atoms with Crippen LogP contribution >= 0.6 is 23.2 Å². The molecule has 2 aromatic carbocycles. The summed E-state index contributed by atoms with van der Waals surface area (Å²) >= 11 is 12.0. The predicted molar refractivity (Wildman–Crippen MR) is 79.6 cm³/mol. The van der Waals surface area contributed by atoms with Crippen molar-refractivity contribution in [1.82, 2.24) is 0 Å². The second-order valence-electron chi connectivity index (χ2n) is 4.37. The third kappa shape index (κ3) is 3.35. The first-order valence-electron chi connectivity index (χ1n) is 5.92. The molecule has 2 aromatic rings. The maximum Gasteiger partial charge on any atom is 0.336 e. The van der Waals surface area contributed by atoms with Gasteiger partial charge in [0.15, 0.2) is 0 Å². The van der Waals surface area contributed by atoms with Gasteiger partial charge in [0, 0.05) is 0 Å². The van der Waals surface area contributed by atoms with Crippen LogP contribution in [0.15, 0.2) is 36.4 Å². The molecule has 0 radical (unpaired) electrons. The van der Waals surface area contributed by atoms with Crippen LogP contribution in [0.4, 0.5) is 0 Å². The van der Waals surface area contributed by atoms with E-state index in [0.717, 1.165) is 6.07 Å². The van der Waals surface area contributed by atoms with Gasteiger partial charge >= 0.3 is 11.9 Å². The Labute approximate surface area is 130 Å². The Morgan fingerprint density at radius 3 is 2.29 bits per heavy atom. The smallest absolute Gasteiger partial charge is 0.336 e. The van der Waals surface area contributed by atoms with Gasteiger partial charge in [0.1, 0.15) is 0 Å². The van der Waals surface area contributed by atoms with E-state index in [1.54, 1.807) is 18.2 Å². The Bertz CT molecular complexity index is 726. The van der Waals surface area contributed by atoms with Gasteiger partial charge in [-0.1, -0.05) is 41.4 Å². The fourth-order valence-corrected chi connectivity index (χ4v) is 2.34. The van der Waals surface area contributed by atoms with Gasteiger partial charge in [-0.3, -0.25) is 0 Å². The van der Waals surface area contributed by atoms with Gasteiger partial charge in [-0.2, -0.15) is 0 Å². The van der Waals surface area contributed by atoms with Crippen molar-refractivity contribution >= 4 is 35.1 Å². The first-order chi connectivity index (χ1) is 9.90. The minimum absolute atomic E-state index is 0.0639. The van der Waals surface area contributed by atoms with Crippen LogP contribution in [-0.4, -0.2) is 22.2 Å². The van der Waals surface area contributed by atoms with Crippen LogP contribution in [-0.2, 0) is 6.42 Å². The van der Waals surface area contributed by atoms with E-state index in [4.69, 9.17) is 28.3 Å². The van der Waals surface area contributed by atoms with E-state index in [1.165, 1.54) is 12.1 Å². The molecule has 4 nitrogen and oxygen atoms in total. The molecule has 0 heterocycles. The molecule has 0 amide bonds. The molecule has 0 saturated carbocycles. The molecule has 2 rings (SSSR count). The van der Waals surface area contributed by atoms with Crippen LogP contribution in [0.5, 0.6) is 0 Å². The highest BCUT2D eigenvalue weighted by atomic mass is 35.5. The standard InChI is InChI=1S/C15H10Cl2O4/c16-12-3-1-2-9(13(12)17)6-8-4-5-10(14(18)19)7-11(8)15(20)21/h1-5,7H,6H2,(H,18,19)(H,20,21). The van der Waals surface area contributed by atoms with Crippen molar-refractivity contribution in [1.29, 1.82) is 0 Å². The number of carboxylic acid groups (broad SMARTS) is 2. The van der Waals surface area contributed by atoms with Crippen LogP contribution in [0.3, 0.4) is 0 Å². The fraction of sp³-hybridized carbons (Fsp3) is 0.0667. The van der Waals surface area contributed by atoms with Gasteiger partial charge in [-0.05, 0) is 35.7 Å². The molecule has 0 aromatic heterocycles. The number of carbonyl (C=O) groups is 2. The summed E-state index contributed by atoms with van der Waals surface area (Å²) < 4.78 is 0. The molecule has 0 aliphatic rings. The number of aromatic carboxylic acids is 2. The Kier molecular flexibility index (Phi) is 4.50. The lowest BCUT2D eigenvalue weighted by molar-refractivity contribution is 0.0695. The molecule has 0 aliphatic carbocycles. The van der Waals surface area contributed by atoms with Crippen LogP contribution in [0.2, 0.25) is 10.0 Å². The number of halogens is 2. The van der Waals surface area contributed by atoms with E-state index in [9.17, 15) is 14.7 Å². The Hall–Kier alpha value is -2.04. The van der Waals surface area contributed by atoms with E-state index >= 15 is 0 Å². The number of hydrogen-bond acceptors (Lipinski definition) is 2. The van der Waals surface area contributed by atoms with E-state index in [1.807, 2.05) is 0 Å². The fourth-order valence-electron chi connectivity index (χ4n) is 1.95. The first kappa shape index (κ1) is 15.4. The molecule has 0 atom stereocenters. The Balaban J connectivity index is 2.46. The quantitative estimate of drug-likeness (QED) is 0.891. The monoisotopic (exact) mass is 324 g/mol. The molecule has 0 saturated heterocycles. The zero-order valence-corrected chi connectivity index (χ0v) is 12.1. The molecule has 0 fully saturated rings. The third-order valence-electron chi connectivity index (χ3n) is 3.00. The summed E-state index contributed by atoms with van der Waals surface area (Å²) in [7, 11) is 0.